The molecular weight excluding hydrogens is 323 g/mol. The summed E-state index contributed by atoms with van der Waals surface area (Å²) >= 11 is 3.34. The Labute approximate surface area is 126 Å². The molecule has 0 saturated carbocycles. The maximum Gasteiger partial charge on any atom is 0.188 e. The molecule has 0 unspecified atom stereocenters. The monoisotopic (exact) mass is 336 g/mol. The van der Waals surface area contributed by atoms with Crippen molar-refractivity contribution in [2.24, 2.45) is 0 Å². The van der Waals surface area contributed by atoms with Gasteiger partial charge in [-0.1, -0.05) is 46.3 Å². The van der Waals surface area contributed by atoms with Crippen molar-refractivity contribution in [3.8, 4) is 5.75 Å². The molecule has 2 aromatic carbocycles. The summed E-state index contributed by atoms with van der Waals surface area (Å²) in [5.41, 5.74) is 2.48. The van der Waals surface area contributed by atoms with Gasteiger partial charge in [-0.25, -0.2) is 4.39 Å². The highest BCUT2D eigenvalue weighted by atomic mass is 79.9. The lowest BCUT2D eigenvalue weighted by atomic mass is 9.99. The van der Waals surface area contributed by atoms with E-state index in [0.29, 0.717) is 11.3 Å². The van der Waals surface area contributed by atoms with Crippen LogP contribution in [0.4, 0.5) is 4.39 Å². The molecular formula is C16H14BrFO2. The molecule has 0 fully saturated rings. The maximum absolute atomic E-state index is 13.6. The highest BCUT2D eigenvalue weighted by molar-refractivity contribution is 9.11. The quantitative estimate of drug-likeness (QED) is 0.743. The van der Waals surface area contributed by atoms with Gasteiger partial charge in [0.15, 0.2) is 6.79 Å². The predicted molar refractivity (Wildman–Crippen MR) is 81.4 cm³/mol. The van der Waals surface area contributed by atoms with E-state index < -0.39 is 0 Å². The lowest BCUT2D eigenvalue weighted by Gasteiger charge is -2.13. The smallest absolute Gasteiger partial charge is 0.188 e. The number of hydrogen-bond acceptors (Lipinski definition) is 2. The van der Waals surface area contributed by atoms with E-state index in [1.54, 1.807) is 18.2 Å². The highest BCUT2D eigenvalue weighted by Crippen LogP contribution is 2.32. The average molecular weight is 337 g/mol. The van der Waals surface area contributed by atoms with E-state index in [0.717, 1.165) is 11.1 Å². The zero-order chi connectivity index (χ0) is 14.4. The molecule has 2 rings (SSSR count). The minimum atomic E-state index is -0.312. The SMILES string of the molecule is COCOc1ccc(F)cc1C(=CBr)c1ccccc1. The molecule has 0 aromatic heterocycles. The average Bonchev–Trinajstić information content (AvgIpc) is 2.48. The van der Waals surface area contributed by atoms with Gasteiger partial charge in [-0.05, 0) is 34.3 Å². The summed E-state index contributed by atoms with van der Waals surface area (Å²) in [4.78, 5) is 1.76. The first kappa shape index (κ1) is 14.8. The van der Waals surface area contributed by atoms with E-state index in [1.807, 2.05) is 30.3 Å². The van der Waals surface area contributed by atoms with Crippen molar-refractivity contribution < 1.29 is 13.9 Å². The van der Waals surface area contributed by atoms with Crippen molar-refractivity contribution in [3.63, 3.8) is 0 Å². The van der Waals surface area contributed by atoms with E-state index in [4.69, 9.17) is 9.47 Å². The third kappa shape index (κ3) is 3.46. The summed E-state index contributed by atoms with van der Waals surface area (Å²) < 4.78 is 24.0. The molecule has 0 bridgehead atoms. The molecule has 0 radical (unpaired) electrons. The van der Waals surface area contributed by atoms with Crippen LogP contribution in [-0.4, -0.2) is 13.9 Å². The molecule has 20 heavy (non-hydrogen) atoms. The van der Waals surface area contributed by atoms with Crippen LogP contribution >= 0.6 is 15.9 Å². The molecule has 0 heterocycles. The van der Waals surface area contributed by atoms with Crippen LogP contribution in [0.5, 0.6) is 5.75 Å². The van der Waals surface area contributed by atoms with E-state index in [1.165, 1.54) is 12.1 Å². The molecule has 0 N–H and O–H groups in total. The lowest BCUT2D eigenvalue weighted by Crippen LogP contribution is -2.02. The van der Waals surface area contributed by atoms with Crippen molar-refractivity contribution in [3.05, 3.63) is 70.5 Å². The molecule has 0 aliphatic rings. The topological polar surface area (TPSA) is 18.5 Å². The fourth-order valence-electron chi connectivity index (χ4n) is 1.86. The van der Waals surface area contributed by atoms with Gasteiger partial charge >= 0.3 is 0 Å². The molecule has 0 aliphatic carbocycles. The molecule has 0 amide bonds. The Morgan fingerprint density at radius 1 is 1.20 bits per heavy atom. The molecule has 0 spiro atoms. The second kappa shape index (κ2) is 7.22. The van der Waals surface area contributed by atoms with Gasteiger partial charge in [0.2, 0.25) is 0 Å². The fraction of sp³-hybridized carbons (Fsp3) is 0.125. The van der Waals surface area contributed by atoms with Crippen LogP contribution in [0.3, 0.4) is 0 Å². The van der Waals surface area contributed by atoms with Gasteiger partial charge < -0.3 is 9.47 Å². The Morgan fingerprint density at radius 3 is 2.60 bits per heavy atom. The predicted octanol–water partition coefficient (Wildman–Crippen LogP) is 4.59. The van der Waals surface area contributed by atoms with Crippen LogP contribution in [0, 0.1) is 5.82 Å². The number of methoxy groups -OCH3 is 1. The third-order valence-electron chi connectivity index (χ3n) is 2.76. The zero-order valence-electron chi connectivity index (χ0n) is 11.0. The Morgan fingerprint density at radius 2 is 1.95 bits per heavy atom. The number of rotatable bonds is 5. The van der Waals surface area contributed by atoms with E-state index in [2.05, 4.69) is 15.9 Å². The van der Waals surface area contributed by atoms with Crippen LogP contribution in [0.25, 0.3) is 5.57 Å². The molecule has 2 nitrogen and oxygen atoms in total. The van der Waals surface area contributed by atoms with Crippen molar-refractivity contribution in [2.75, 3.05) is 13.9 Å². The van der Waals surface area contributed by atoms with Gasteiger partial charge in [0.1, 0.15) is 11.6 Å². The Hall–Kier alpha value is -1.65. The number of hydrogen-bond donors (Lipinski definition) is 0. The first-order valence-electron chi connectivity index (χ1n) is 6.03. The molecule has 0 aliphatic heterocycles. The summed E-state index contributed by atoms with van der Waals surface area (Å²) in [5.74, 6) is 0.260. The fourth-order valence-corrected chi connectivity index (χ4v) is 2.37. The Kier molecular flexibility index (Phi) is 5.32. The molecule has 2 aromatic rings. The molecule has 0 saturated heterocycles. The third-order valence-corrected chi connectivity index (χ3v) is 3.22. The van der Waals surface area contributed by atoms with Crippen molar-refractivity contribution in [2.45, 2.75) is 0 Å². The van der Waals surface area contributed by atoms with Gasteiger partial charge in [0.25, 0.3) is 0 Å². The summed E-state index contributed by atoms with van der Waals surface area (Å²) in [6, 6.07) is 14.1. The van der Waals surface area contributed by atoms with Crippen LogP contribution in [-0.2, 0) is 4.74 Å². The number of ether oxygens (including phenoxy) is 2. The molecule has 104 valence electrons. The summed E-state index contributed by atoms with van der Waals surface area (Å²) in [7, 11) is 1.54. The number of benzene rings is 2. The maximum atomic E-state index is 13.6. The van der Waals surface area contributed by atoms with Crippen LogP contribution in [0.2, 0.25) is 0 Å². The second-order valence-corrected chi connectivity index (χ2v) is 4.54. The van der Waals surface area contributed by atoms with E-state index >= 15 is 0 Å². The number of halogens is 2. The Bertz CT molecular complexity index is 597. The van der Waals surface area contributed by atoms with Gasteiger partial charge in [-0.15, -0.1) is 0 Å². The summed E-state index contributed by atoms with van der Waals surface area (Å²) in [6.07, 6.45) is 0. The highest BCUT2D eigenvalue weighted by Gasteiger charge is 2.12. The van der Waals surface area contributed by atoms with Crippen LogP contribution < -0.4 is 4.74 Å². The van der Waals surface area contributed by atoms with Crippen molar-refractivity contribution in [1.29, 1.82) is 0 Å². The van der Waals surface area contributed by atoms with Gasteiger partial charge in [-0.3, -0.25) is 0 Å². The van der Waals surface area contributed by atoms with E-state index in [-0.39, 0.29) is 12.6 Å². The standard InChI is InChI=1S/C16H14BrFO2/c1-19-11-20-16-8-7-13(18)9-14(16)15(10-17)12-5-3-2-4-6-12/h2-10H,11H2,1H3. The largest absolute Gasteiger partial charge is 0.467 e. The van der Waals surface area contributed by atoms with Crippen LogP contribution in [0.1, 0.15) is 11.1 Å². The first-order chi connectivity index (χ1) is 9.76. The van der Waals surface area contributed by atoms with Crippen LogP contribution in [0.15, 0.2) is 53.5 Å². The van der Waals surface area contributed by atoms with Crippen molar-refractivity contribution in [1.82, 2.24) is 0 Å². The second-order valence-electron chi connectivity index (χ2n) is 4.08. The Balaban J connectivity index is 2.46. The van der Waals surface area contributed by atoms with E-state index in [9.17, 15) is 4.39 Å². The van der Waals surface area contributed by atoms with Gasteiger partial charge in [0, 0.05) is 12.7 Å². The summed E-state index contributed by atoms with van der Waals surface area (Å²) in [5, 5.41) is 0. The van der Waals surface area contributed by atoms with Gasteiger partial charge in [-0.2, -0.15) is 0 Å². The first-order valence-corrected chi connectivity index (χ1v) is 6.95. The lowest BCUT2D eigenvalue weighted by molar-refractivity contribution is 0.0509. The summed E-state index contributed by atoms with van der Waals surface area (Å²) in [6.45, 7) is 0.114. The normalized spacial score (nSPS) is 11.4. The van der Waals surface area contributed by atoms with Gasteiger partial charge in [0.05, 0.1) is 0 Å². The minimum Gasteiger partial charge on any atom is -0.467 e. The molecule has 4 heteroatoms. The van der Waals surface area contributed by atoms with Crippen molar-refractivity contribution >= 4 is 21.5 Å². The molecule has 0 atom stereocenters. The minimum absolute atomic E-state index is 0.114. The zero-order valence-corrected chi connectivity index (χ0v) is 12.6.